The topological polar surface area (TPSA) is 49.3 Å². The van der Waals surface area contributed by atoms with Gasteiger partial charge in [0.2, 0.25) is 0 Å². The molecule has 0 saturated heterocycles. The minimum Gasteiger partial charge on any atom is -0.507 e. The lowest BCUT2D eigenvalue weighted by molar-refractivity contribution is 0.477. The van der Waals surface area contributed by atoms with Gasteiger partial charge in [0.15, 0.2) is 0 Å². The van der Waals surface area contributed by atoms with Crippen LogP contribution >= 0.6 is 0 Å². The van der Waals surface area contributed by atoms with Gasteiger partial charge in [-0.2, -0.15) is 0 Å². The largest absolute Gasteiger partial charge is 0.507 e. The van der Waals surface area contributed by atoms with Crippen molar-refractivity contribution in [2.45, 2.75) is 32.6 Å². The van der Waals surface area contributed by atoms with E-state index < -0.39 is 0 Å². The number of aromatic hydroxyl groups is 1. The van der Waals surface area contributed by atoms with E-state index in [1.807, 2.05) is 36.5 Å². The number of benzene rings is 6. The summed E-state index contributed by atoms with van der Waals surface area (Å²) in [6.45, 7) is 6.73. The van der Waals surface area contributed by atoms with Crippen molar-refractivity contribution < 1.29 is 5.11 Å². The van der Waals surface area contributed by atoms with Crippen molar-refractivity contribution in [1.82, 2.24) is 9.97 Å². The van der Waals surface area contributed by atoms with Gasteiger partial charge in [-0.3, -0.25) is 4.90 Å². The Morgan fingerprint density at radius 2 is 1.09 bits per heavy atom. The zero-order valence-electron chi connectivity index (χ0n) is 31.4. The molecular weight excluding hydrogens is 671 g/mol. The molecule has 2 aromatic heterocycles. The summed E-state index contributed by atoms with van der Waals surface area (Å²) in [4.78, 5) is 12.5. The third-order valence-corrected chi connectivity index (χ3v) is 9.97. The maximum absolute atomic E-state index is 11.0. The van der Waals surface area contributed by atoms with E-state index in [0.717, 1.165) is 51.6 Å². The van der Waals surface area contributed by atoms with Crippen molar-refractivity contribution in [2.75, 3.05) is 4.90 Å². The van der Waals surface area contributed by atoms with Gasteiger partial charge in [-0.15, -0.1) is 0 Å². The first-order chi connectivity index (χ1) is 26.8. The summed E-state index contributed by atoms with van der Waals surface area (Å²) < 4.78 is 0. The molecule has 0 unspecified atom stereocenters. The summed E-state index contributed by atoms with van der Waals surface area (Å²) >= 11 is 0. The molecular formula is C51H43N3O. The molecule has 4 heteroatoms. The second-order valence-corrected chi connectivity index (χ2v) is 15.0. The summed E-state index contributed by atoms with van der Waals surface area (Å²) in [6, 6.07) is 62.7. The van der Waals surface area contributed by atoms with Gasteiger partial charge in [0.25, 0.3) is 0 Å². The lowest BCUT2D eigenvalue weighted by Gasteiger charge is -2.28. The maximum Gasteiger partial charge on any atom is 0.137 e. The van der Waals surface area contributed by atoms with E-state index in [1.54, 1.807) is 6.07 Å². The smallest absolute Gasteiger partial charge is 0.137 e. The third-order valence-electron chi connectivity index (χ3n) is 9.97. The minimum atomic E-state index is -0.166. The number of rotatable bonds is 9. The van der Waals surface area contributed by atoms with Gasteiger partial charge in [-0.25, -0.2) is 9.97 Å². The van der Waals surface area contributed by atoms with Crippen LogP contribution in [0.3, 0.4) is 0 Å². The van der Waals surface area contributed by atoms with E-state index in [9.17, 15) is 5.11 Å². The quantitative estimate of drug-likeness (QED) is 0.162. The standard InChI is InChI=1S/C51H43N3O/c1-51(2,3)43-31-42(32-45(35-43)54(44-19-11-6-12-20-44)50-30-37(27-28-52-50)29-36-15-7-4-8-16-36)47-33-41(34-48(53-47)46-21-13-14-22-49(46)55)40-25-23-39(24-26-40)38-17-9-5-10-18-38/h4-28,30-35,55H,29H2,1-3H3. The molecule has 0 fully saturated rings. The normalized spacial score (nSPS) is 11.3. The van der Waals surface area contributed by atoms with Gasteiger partial charge in [0.1, 0.15) is 11.6 Å². The Labute approximate surface area is 324 Å². The van der Waals surface area contributed by atoms with Crippen LogP contribution < -0.4 is 4.90 Å². The first kappa shape index (κ1) is 35.3. The zero-order valence-corrected chi connectivity index (χ0v) is 31.4. The predicted molar refractivity (Wildman–Crippen MR) is 228 cm³/mol. The van der Waals surface area contributed by atoms with E-state index in [1.165, 1.54) is 22.3 Å². The van der Waals surface area contributed by atoms with Crippen LogP contribution in [0.2, 0.25) is 0 Å². The number of pyridine rings is 2. The van der Waals surface area contributed by atoms with Crippen molar-refractivity contribution in [3.8, 4) is 50.5 Å². The molecule has 0 atom stereocenters. The highest BCUT2D eigenvalue weighted by Crippen LogP contribution is 2.41. The Morgan fingerprint density at radius 3 is 1.78 bits per heavy atom. The molecule has 0 radical (unpaired) electrons. The molecule has 1 N–H and O–H groups in total. The van der Waals surface area contributed by atoms with Crippen LogP contribution in [-0.2, 0) is 11.8 Å². The molecule has 0 aliphatic carbocycles. The van der Waals surface area contributed by atoms with Crippen molar-refractivity contribution in [1.29, 1.82) is 0 Å². The zero-order chi connectivity index (χ0) is 37.8. The van der Waals surface area contributed by atoms with Gasteiger partial charge < -0.3 is 5.11 Å². The van der Waals surface area contributed by atoms with E-state index in [4.69, 9.17) is 9.97 Å². The number of hydrogen-bond donors (Lipinski definition) is 1. The number of anilines is 3. The van der Waals surface area contributed by atoms with Gasteiger partial charge in [-0.1, -0.05) is 136 Å². The van der Waals surface area contributed by atoms with Crippen LogP contribution in [0.5, 0.6) is 5.75 Å². The van der Waals surface area contributed by atoms with Crippen LogP contribution in [0.25, 0.3) is 44.8 Å². The lowest BCUT2D eigenvalue weighted by atomic mass is 9.85. The van der Waals surface area contributed by atoms with E-state index in [0.29, 0.717) is 11.3 Å². The molecule has 2 heterocycles. The van der Waals surface area contributed by atoms with E-state index in [2.05, 4.69) is 171 Å². The Bertz CT molecular complexity index is 2540. The molecule has 268 valence electrons. The van der Waals surface area contributed by atoms with Gasteiger partial charge >= 0.3 is 0 Å². The van der Waals surface area contributed by atoms with Gasteiger partial charge in [-0.05, 0) is 118 Å². The maximum atomic E-state index is 11.0. The number of hydrogen-bond acceptors (Lipinski definition) is 4. The summed E-state index contributed by atoms with van der Waals surface area (Å²) in [5.74, 6) is 1.03. The lowest BCUT2D eigenvalue weighted by Crippen LogP contribution is -2.16. The van der Waals surface area contributed by atoms with Gasteiger partial charge in [0, 0.05) is 28.7 Å². The monoisotopic (exact) mass is 713 g/mol. The molecule has 6 aromatic carbocycles. The number of para-hydroxylation sites is 2. The average molecular weight is 714 g/mol. The molecule has 55 heavy (non-hydrogen) atoms. The molecule has 0 aliphatic heterocycles. The Morgan fingerprint density at radius 1 is 0.491 bits per heavy atom. The highest BCUT2D eigenvalue weighted by atomic mass is 16.3. The van der Waals surface area contributed by atoms with E-state index >= 15 is 0 Å². The SMILES string of the molecule is CC(C)(C)c1cc(-c2cc(-c3ccc(-c4ccccc4)cc3)cc(-c3ccccc3O)n2)cc(N(c2ccccc2)c2cc(Cc3ccccc3)ccn2)c1. The molecule has 8 aromatic rings. The molecule has 0 spiro atoms. The fourth-order valence-electron chi connectivity index (χ4n) is 7.00. The second kappa shape index (κ2) is 15.3. The highest BCUT2D eigenvalue weighted by molar-refractivity contribution is 5.83. The Balaban J connectivity index is 1.29. The third kappa shape index (κ3) is 7.95. The second-order valence-electron chi connectivity index (χ2n) is 15.0. The molecule has 8 rings (SSSR count). The first-order valence-electron chi connectivity index (χ1n) is 18.7. The van der Waals surface area contributed by atoms with Crippen molar-refractivity contribution in [2.24, 2.45) is 0 Å². The first-order valence-corrected chi connectivity index (χ1v) is 18.7. The minimum absolute atomic E-state index is 0.166. The average Bonchev–Trinajstić information content (AvgIpc) is 3.22. The molecule has 4 nitrogen and oxygen atoms in total. The summed E-state index contributed by atoms with van der Waals surface area (Å²) in [5, 5.41) is 11.0. The molecule has 0 aliphatic rings. The van der Waals surface area contributed by atoms with Crippen LogP contribution in [0.1, 0.15) is 37.5 Å². The fourth-order valence-corrected chi connectivity index (χ4v) is 7.00. The van der Waals surface area contributed by atoms with Crippen LogP contribution in [0.15, 0.2) is 188 Å². The van der Waals surface area contributed by atoms with Crippen LogP contribution in [-0.4, -0.2) is 15.1 Å². The van der Waals surface area contributed by atoms with Crippen molar-refractivity contribution in [3.05, 3.63) is 205 Å². The number of phenolic OH excluding ortho intramolecular Hbond substituents is 1. The number of phenols is 1. The summed E-state index contributed by atoms with van der Waals surface area (Å²) in [6.07, 6.45) is 2.72. The molecule has 0 bridgehead atoms. The summed E-state index contributed by atoms with van der Waals surface area (Å²) in [7, 11) is 0. The highest BCUT2D eigenvalue weighted by Gasteiger charge is 2.22. The van der Waals surface area contributed by atoms with Gasteiger partial charge in [0.05, 0.1) is 11.4 Å². The molecule has 0 saturated carbocycles. The number of aromatic nitrogens is 2. The van der Waals surface area contributed by atoms with Crippen molar-refractivity contribution >= 4 is 17.2 Å². The predicted octanol–water partition coefficient (Wildman–Crippen LogP) is 13.2. The van der Waals surface area contributed by atoms with E-state index in [-0.39, 0.29) is 11.2 Å². The Kier molecular flexibility index (Phi) is 9.80. The summed E-state index contributed by atoms with van der Waals surface area (Å²) in [5.41, 5.74) is 13.0. The fraction of sp³-hybridized carbons (Fsp3) is 0.0980. The van der Waals surface area contributed by atoms with Crippen LogP contribution in [0.4, 0.5) is 17.2 Å². The Hall–Kier alpha value is -6.78. The molecule has 0 amide bonds. The number of nitrogens with zero attached hydrogens (tertiary/aromatic N) is 3. The van der Waals surface area contributed by atoms with Crippen LogP contribution in [0, 0.1) is 0 Å². The van der Waals surface area contributed by atoms with Crippen molar-refractivity contribution in [3.63, 3.8) is 0 Å².